The molecule has 0 bridgehead atoms. The van der Waals surface area contributed by atoms with Gasteiger partial charge < -0.3 is 5.73 Å². The van der Waals surface area contributed by atoms with Crippen LogP contribution in [0, 0.1) is 11.5 Å². The molecule has 2 heteroatoms. The summed E-state index contributed by atoms with van der Waals surface area (Å²) in [4.78, 5) is 0. The normalized spacial score (nSPS) is 10.2. The van der Waals surface area contributed by atoms with Crippen molar-refractivity contribution in [2.45, 2.75) is 0 Å². The van der Waals surface area contributed by atoms with Crippen LogP contribution in [0.25, 0.3) is 10.8 Å². The molecule has 2 aromatic carbocycles. The summed E-state index contributed by atoms with van der Waals surface area (Å²) >= 11 is 0. The molecule has 0 aromatic heterocycles. The highest BCUT2D eigenvalue weighted by molar-refractivity contribution is 5.98. The molecule has 0 amide bonds. The molecule has 63 valence electrons. The lowest BCUT2D eigenvalue weighted by Crippen LogP contribution is -2.10. The predicted molar refractivity (Wildman–Crippen MR) is 53.8 cm³/mol. The van der Waals surface area contributed by atoms with Crippen molar-refractivity contribution in [3.8, 4) is 0 Å². The lowest BCUT2D eigenvalue weighted by molar-refractivity contribution is 1.43. The van der Waals surface area contributed by atoms with E-state index >= 15 is 0 Å². The number of hydrogen-bond acceptors (Lipinski definition) is 1. The van der Waals surface area contributed by atoms with E-state index in [9.17, 15) is 0 Å². The van der Waals surface area contributed by atoms with Gasteiger partial charge in [-0.1, -0.05) is 36.4 Å². The molecule has 3 N–H and O–H groups in total. The molecule has 13 heavy (non-hydrogen) atoms. The summed E-state index contributed by atoms with van der Waals surface area (Å²) in [6.45, 7) is 0. The molecule has 0 fully saturated rings. The SMILES string of the molecule is N=C(N)c1[c]c2ccccc2cc1. The standard InChI is InChI=1S/C11H9N2/c12-11(13)10-6-5-8-3-1-2-4-9(8)7-10/h1-6H,(H3,12,13). The van der Waals surface area contributed by atoms with E-state index in [-0.39, 0.29) is 5.84 Å². The van der Waals surface area contributed by atoms with Crippen molar-refractivity contribution in [2.24, 2.45) is 5.73 Å². The first-order valence-electron chi connectivity index (χ1n) is 4.03. The van der Waals surface area contributed by atoms with E-state index in [0.717, 1.165) is 10.8 Å². The largest absolute Gasteiger partial charge is 0.384 e. The first-order chi connectivity index (χ1) is 6.27. The van der Waals surface area contributed by atoms with Crippen molar-refractivity contribution >= 4 is 16.6 Å². The zero-order valence-corrected chi connectivity index (χ0v) is 7.04. The maximum Gasteiger partial charge on any atom is 0.123 e. The molecule has 1 radical (unpaired) electrons. The molecule has 0 unspecified atom stereocenters. The number of nitrogens with two attached hydrogens (primary N) is 1. The number of hydrogen-bond donors (Lipinski definition) is 2. The molecular weight excluding hydrogens is 160 g/mol. The number of amidine groups is 1. The van der Waals surface area contributed by atoms with Crippen LogP contribution in [-0.2, 0) is 0 Å². The van der Waals surface area contributed by atoms with Gasteiger partial charge >= 0.3 is 0 Å². The average Bonchev–Trinajstić information content (AvgIpc) is 2.17. The Morgan fingerprint density at radius 3 is 2.69 bits per heavy atom. The summed E-state index contributed by atoms with van der Waals surface area (Å²) in [6, 6.07) is 14.7. The van der Waals surface area contributed by atoms with Crippen LogP contribution in [0.2, 0.25) is 0 Å². The van der Waals surface area contributed by atoms with Gasteiger partial charge in [0.2, 0.25) is 0 Å². The fourth-order valence-electron chi connectivity index (χ4n) is 1.27. The lowest BCUT2D eigenvalue weighted by atomic mass is 10.1. The van der Waals surface area contributed by atoms with Crippen LogP contribution in [0.3, 0.4) is 0 Å². The van der Waals surface area contributed by atoms with Gasteiger partial charge in [-0.05, 0) is 10.8 Å². The van der Waals surface area contributed by atoms with Gasteiger partial charge in [0.15, 0.2) is 0 Å². The van der Waals surface area contributed by atoms with E-state index in [1.807, 2.05) is 36.4 Å². The second-order valence-corrected chi connectivity index (χ2v) is 2.87. The number of nitrogens with one attached hydrogen (secondary N) is 1. The van der Waals surface area contributed by atoms with Crippen LogP contribution in [0.1, 0.15) is 5.56 Å². The van der Waals surface area contributed by atoms with Gasteiger partial charge in [-0.25, -0.2) is 0 Å². The van der Waals surface area contributed by atoms with Gasteiger partial charge in [0.1, 0.15) is 5.84 Å². The van der Waals surface area contributed by atoms with E-state index in [2.05, 4.69) is 6.07 Å². The average molecular weight is 169 g/mol. The summed E-state index contributed by atoms with van der Waals surface area (Å²) in [5, 5.41) is 9.37. The maximum absolute atomic E-state index is 7.26. The topological polar surface area (TPSA) is 49.9 Å². The molecular formula is C11H9N2. The summed E-state index contributed by atoms with van der Waals surface area (Å²) in [5.74, 6) is 0.0609. The first-order valence-corrected chi connectivity index (χ1v) is 4.03. The van der Waals surface area contributed by atoms with Gasteiger partial charge in [-0.3, -0.25) is 5.41 Å². The summed E-state index contributed by atoms with van der Waals surface area (Å²) in [5.41, 5.74) is 6.01. The molecule has 0 atom stereocenters. The Balaban J connectivity index is 2.69. The Hall–Kier alpha value is -1.83. The van der Waals surface area contributed by atoms with E-state index in [1.54, 1.807) is 0 Å². The predicted octanol–water partition coefficient (Wildman–Crippen LogP) is 1.92. The number of nitrogen functional groups attached to an aromatic ring is 1. The molecule has 2 nitrogen and oxygen atoms in total. The molecule has 0 heterocycles. The van der Waals surface area contributed by atoms with Gasteiger partial charge in [0.25, 0.3) is 0 Å². The number of rotatable bonds is 1. The Morgan fingerprint density at radius 1 is 1.15 bits per heavy atom. The fraction of sp³-hybridized carbons (Fsp3) is 0. The molecule has 2 aromatic rings. The van der Waals surface area contributed by atoms with E-state index < -0.39 is 0 Å². The molecule has 0 saturated carbocycles. The van der Waals surface area contributed by atoms with Crippen LogP contribution in [0.4, 0.5) is 0 Å². The second-order valence-electron chi connectivity index (χ2n) is 2.87. The van der Waals surface area contributed by atoms with E-state index in [4.69, 9.17) is 11.1 Å². The van der Waals surface area contributed by atoms with Crippen LogP contribution in [-0.4, -0.2) is 5.84 Å². The summed E-state index contributed by atoms with van der Waals surface area (Å²) in [6.07, 6.45) is 0. The third-order valence-electron chi connectivity index (χ3n) is 1.95. The molecule has 0 aliphatic rings. The number of fused-ring (bicyclic) bond motifs is 1. The van der Waals surface area contributed by atoms with Crippen molar-refractivity contribution in [1.29, 1.82) is 5.41 Å². The maximum atomic E-state index is 7.26. The third kappa shape index (κ3) is 1.38. The monoisotopic (exact) mass is 169 g/mol. The zero-order chi connectivity index (χ0) is 9.26. The lowest BCUT2D eigenvalue weighted by Gasteiger charge is -1.99. The Morgan fingerprint density at radius 2 is 1.92 bits per heavy atom. The highest BCUT2D eigenvalue weighted by Crippen LogP contribution is 2.14. The van der Waals surface area contributed by atoms with Crippen molar-refractivity contribution in [3.63, 3.8) is 0 Å². The molecule has 0 aliphatic heterocycles. The van der Waals surface area contributed by atoms with Gasteiger partial charge in [0, 0.05) is 11.6 Å². The van der Waals surface area contributed by atoms with Crippen molar-refractivity contribution < 1.29 is 0 Å². The third-order valence-corrected chi connectivity index (χ3v) is 1.95. The fourth-order valence-corrected chi connectivity index (χ4v) is 1.27. The Labute approximate surface area is 76.5 Å². The molecule has 0 aliphatic carbocycles. The summed E-state index contributed by atoms with van der Waals surface area (Å²) < 4.78 is 0. The Kier molecular flexibility index (Phi) is 1.74. The zero-order valence-electron chi connectivity index (χ0n) is 7.04. The minimum Gasteiger partial charge on any atom is -0.384 e. The number of benzene rings is 2. The van der Waals surface area contributed by atoms with Crippen LogP contribution >= 0.6 is 0 Å². The molecule has 0 spiro atoms. The van der Waals surface area contributed by atoms with Crippen molar-refractivity contribution in [3.05, 3.63) is 48.0 Å². The van der Waals surface area contributed by atoms with Crippen molar-refractivity contribution in [1.82, 2.24) is 0 Å². The Bertz CT molecular complexity index is 460. The smallest absolute Gasteiger partial charge is 0.123 e. The highest BCUT2D eigenvalue weighted by atomic mass is 14.7. The van der Waals surface area contributed by atoms with Crippen LogP contribution in [0.15, 0.2) is 36.4 Å². The molecule has 2 rings (SSSR count). The van der Waals surface area contributed by atoms with E-state index in [0.29, 0.717) is 5.56 Å². The minimum atomic E-state index is 0.0609. The highest BCUT2D eigenvalue weighted by Gasteiger charge is 1.97. The second kappa shape index (κ2) is 2.90. The van der Waals surface area contributed by atoms with Crippen LogP contribution < -0.4 is 5.73 Å². The summed E-state index contributed by atoms with van der Waals surface area (Å²) in [7, 11) is 0. The van der Waals surface area contributed by atoms with Gasteiger partial charge in [-0.2, -0.15) is 0 Å². The van der Waals surface area contributed by atoms with Gasteiger partial charge in [-0.15, -0.1) is 0 Å². The van der Waals surface area contributed by atoms with Crippen LogP contribution in [0.5, 0.6) is 0 Å². The quantitative estimate of drug-likeness (QED) is 0.497. The minimum absolute atomic E-state index is 0.0609. The van der Waals surface area contributed by atoms with E-state index in [1.165, 1.54) is 0 Å². The van der Waals surface area contributed by atoms with Crippen molar-refractivity contribution in [2.75, 3.05) is 0 Å². The van der Waals surface area contributed by atoms with Gasteiger partial charge in [0.05, 0.1) is 0 Å². The first kappa shape index (κ1) is 7.80. The molecule has 0 saturated heterocycles.